The fourth-order valence-electron chi connectivity index (χ4n) is 5.09. The van der Waals surface area contributed by atoms with Crippen molar-refractivity contribution in [2.24, 2.45) is 0 Å². The van der Waals surface area contributed by atoms with Gasteiger partial charge in [0.15, 0.2) is 6.20 Å². The first-order chi connectivity index (χ1) is 18.2. The van der Waals surface area contributed by atoms with Crippen molar-refractivity contribution in [3.63, 3.8) is 0 Å². The Morgan fingerprint density at radius 3 is 1.84 bits per heavy atom. The molecule has 3 heteroatoms. The highest BCUT2D eigenvalue weighted by Gasteiger charge is 2.40. The van der Waals surface area contributed by atoms with Gasteiger partial charge in [-0.2, -0.15) is 4.57 Å². The number of carbonyl (C=O) groups excluding carboxylic acids is 1. The Balaban J connectivity index is 1.50. The highest BCUT2D eigenvalue weighted by Crippen LogP contribution is 2.34. The zero-order valence-electron chi connectivity index (χ0n) is 21.9. The van der Waals surface area contributed by atoms with Gasteiger partial charge in [0, 0.05) is 36.5 Å². The average molecular weight is 488 g/mol. The van der Waals surface area contributed by atoms with Gasteiger partial charge in [-0.15, -0.1) is 0 Å². The third-order valence-electron chi connectivity index (χ3n) is 7.13. The molecule has 0 bridgehead atoms. The number of Topliss-reactive ketones (excluding diaryl/α,β-unsaturated/α-hetero) is 1. The molecule has 0 saturated carbocycles. The van der Waals surface area contributed by atoms with Crippen LogP contribution in [0.25, 0.3) is 22.4 Å². The summed E-state index contributed by atoms with van der Waals surface area (Å²) in [4.78, 5) is 16.3. The molecule has 4 aromatic rings. The highest BCUT2D eigenvalue weighted by atomic mass is 16.1. The van der Waals surface area contributed by atoms with Crippen LogP contribution in [0.2, 0.25) is 0 Å². The Bertz CT molecular complexity index is 1380. The number of carbonyl (C=O) groups is 1. The summed E-state index contributed by atoms with van der Waals surface area (Å²) in [6, 6.07) is 33.2. The second-order valence-electron chi connectivity index (χ2n) is 9.70. The highest BCUT2D eigenvalue weighted by molar-refractivity contribution is 6.34. The Morgan fingerprint density at radius 2 is 1.24 bits per heavy atom. The number of pyridine rings is 1. The summed E-state index contributed by atoms with van der Waals surface area (Å²) >= 11 is 0. The van der Waals surface area contributed by atoms with Crippen LogP contribution in [-0.4, -0.2) is 18.9 Å². The molecule has 0 radical (unpaired) electrons. The van der Waals surface area contributed by atoms with Gasteiger partial charge in [-0.3, -0.25) is 4.79 Å². The van der Waals surface area contributed by atoms with E-state index in [4.69, 9.17) is 0 Å². The monoisotopic (exact) mass is 487 g/mol. The minimum Gasteiger partial charge on any atom is -0.372 e. The molecule has 1 aliphatic heterocycles. The lowest BCUT2D eigenvalue weighted by Crippen LogP contribution is -2.34. The Labute approximate surface area is 220 Å². The third kappa shape index (κ3) is 5.13. The van der Waals surface area contributed by atoms with Crippen LogP contribution in [0.15, 0.2) is 103 Å². The summed E-state index contributed by atoms with van der Waals surface area (Å²) in [7, 11) is 0. The molecular formula is C34H35N2O+. The van der Waals surface area contributed by atoms with Crippen molar-refractivity contribution in [2.75, 3.05) is 18.0 Å². The quantitative estimate of drug-likeness (QED) is 0.214. The van der Waals surface area contributed by atoms with E-state index in [0.717, 1.165) is 46.6 Å². The molecule has 0 unspecified atom stereocenters. The van der Waals surface area contributed by atoms with Gasteiger partial charge >= 0.3 is 0 Å². The van der Waals surface area contributed by atoms with Crippen LogP contribution in [0.3, 0.4) is 0 Å². The zero-order valence-corrected chi connectivity index (χ0v) is 21.9. The molecule has 37 heavy (non-hydrogen) atoms. The predicted molar refractivity (Wildman–Crippen MR) is 154 cm³/mol. The van der Waals surface area contributed by atoms with E-state index in [1.54, 1.807) is 0 Å². The van der Waals surface area contributed by atoms with E-state index in [1.165, 1.54) is 31.4 Å². The molecule has 186 valence electrons. The van der Waals surface area contributed by atoms with Gasteiger partial charge in [0.25, 0.3) is 11.5 Å². The summed E-state index contributed by atoms with van der Waals surface area (Å²) in [6.07, 6.45) is 6.85. The van der Waals surface area contributed by atoms with Gasteiger partial charge in [0.05, 0.1) is 0 Å². The minimum atomic E-state index is 0.0637. The molecule has 1 aromatic heterocycles. The van der Waals surface area contributed by atoms with Crippen molar-refractivity contribution in [1.29, 1.82) is 0 Å². The fraction of sp³-hybridized carbons (Fsp3) is 0.235. The molecule has 2 heterocycles. The fourth-order valence-corrected chi connectivity index (χ4v) is 5.09. The molecule has 0 aliphatic carbocycles. The van der Waals surface area contributed by atoms with Gasteiger partial charge < -0.3 is 4.90 Å². The van der Waals surface area contributed by atoms with Crippen molar-refractivity contribution in [3.05, 3.63) is 120 Å². The van der Waals surface area contributed by atoms with E-state index < -0.39 is 0 Å². The molecule has 5 rings (SSSR count). The molecule has 0 saturated heterocycles. The summed E-state index contributed by atoms with van der Waals surface area (Å²) < 4.78 is 2.05. The van der Waals surface area contributed by atoms with Crippen LogP contribution in [0.1, 0.15) is 61.1 Å². The van der Waals surface area contributed by atoms with E-state index in [0.29, 0.717) is 5.69 Å². The number of anilines is 1. The van der Waals surface area contributed by atoms with Crippen molar-refractivity contribution < 1.29 is 9.36 Å². The summed E-state index contributed by atoms with van der Waals surface area (Å²) in [5.74, 6) is 0.0637. The SMILES string of the molecule is CCCCN(CCCC)c1ccc(-c2cc[n+]3c(c2)C(=O)C(c2ccccc2)=C3c2ccccc2)cc1. The first-order valence-corrected chi connectivity index (χ1v) is 13.5. The van der Waals surface area contributed by atoms with Crippen LogP contribution in [0.5, 0.6) is 0 Å². The lowest BCUT2D eigenvalue weighted by Gasteiger charge is -2.25. The maximum Gasteiger partial charge on any atom is 0.264 e. The molecule has 3 nitrogen and oxygen atoms in total. The van der Waals surface area contributed by atoms with Crippen molar-refractivity contribution in [3.8, 4) is 11.1 Å². The number of aromatic nitrogens is 1. The summed E-state index contributed by atoms with van der Waals surface area (Å²) in [5.41, 5.74) is 7.83. The second-order valence-corrected chi connectivity index (χ2v) is 9.70. The average Bonchev–Trinajstić information content (AvgIpc) is 3.26. The molecule has 0 atom stereocenters. The number of rotatable bonds is 10. The van der Waals surface area contributed by atoms with Gasteiger partial charge in [-0.1, -0.05) is 87.4 Å². The molecule has 3 aromatic carbocycles. The smallest absolute Gasteiger partial charge is 0.264 e. The number of unbranched alkanes of at least 4 members (excludes halogenated alkanes) is 2. The lowest BCUT2D eigenvalue weighted by molar-refractivity contribution is -0.577. The number of fused-ring (bicyclic) bond motifs is 1. The molecule has 0 N–H and O–H groups in total. The zero-order chi connectivity index (χ0) is 25.6. The molecular weight excluding hydrogens is 452 g/mol. The van der Waals surface area contributed by atoms with Crippen LogP contribution >= 0.6 is 0 Å². The van der Waals surface area contributed by atoms with Crippen LogP contribution in [0, 0.1) is 0 Å². The number of hydrogen-bond acceptors (Lipinski definition) is 2. The van der Waals surface area contributed by atoms with Gasteiger partial charge in [-0.05, 0) is 53.8 Å². The second kappa shape index (κ2) is 11.4. The Hall–Kier alpha value is -3.98. The Kier molecular flexibility index (Phi) is 7.60. The molecule has 1 aliphatic rings. The van der Waals surface area contributed by atoms with Crippen molar-refractivity contribution in [2.45, 2.75) is 39.5 Å². The van der Waals surface area contributed by atoms with Gasteiger partial charge in [-0.25, -0.2) is 0 Å². The van der Waals surface area contributed by atoms with E-state index in [9.17, 15) is 4.79 Å². The maximum atomic E-state index is 13.8. The standard InChI is InChI=1S/C34H35N2O/c1-3-5-22-35(23-6-4-2)30-19-17-26(18-20-30)29-21-24-36-31(25-29)34(37)32(27-13-9-7-10-14-27)33(36)28-15-11-8-12-16-28/h7-21,24-25H,3-6,22-23H2,1-2H3/q+1. The maximum absolute atomic E-state index is 13.8. The summed E-state index contributed by atoms with van der Waals surface area (Å²) in [5, 5.41) is 0. The number of nitrogens with zero attached hydrogens (tertiary/aromatic N) is 2. The van der Waals surface area contributed by atoms with Crippen molar-refractivity contribution in [1.82, 2.24) is 0 Å². The summed E-state index contributed by atoms with van der Waals surface area (Å²) in [6.45, 7) is 6.68. The largest absolute Gasteiger partial charge is 0.372 e. The topological polar surface area (TPSA) is 24.2 Å². The molecule has 0 amide bonds. The molecule has 0 spiro atoms. The third-order valence-corrected chi connectivity index (χ3v) is 7.13. The predicted octanol–water partition coefficient (Wildman–Crippen LogP) is 7.66. The number of ketones is 1. The van der Waals surface area contributed by atoms with Gasteiger partial charge in [0.2, 0.25) is 5.70 Å². The number of allylic oxidation sites excluding steroid dienone is 1. The van der Waals surface area contributed by atoms with E-state index >= 15 is 0 Å². The number of hydrogen-bond donors (Lipinski definition) is 0. The van der Waals surface area contributed by atoms with Gasteiger partial charge in [0.1, 0.15) is 5.57 Å². The molecule has 0 fully saturated rings. The normalized spacial score (nSPS) is 12.6. The first-order valence-electron chi connectivity index (χ1n) is 13.5. The van der Waals surface area contributed by atoms with E-state index in [-0.39, 0.29) is 5.78 Å². The number of benzene rings is 3. The van der Waals surface area contributed by atoms with Crippen LogP contribution < -0.4 is 9.47 Å². The van der Waals surface area contributed by atoms with Crippen LogP contribution in [-0.2, 0) is 0 Å². The first kappa shape index (κ1) is 24.7. The van der Waals surface area contributed by atoms with E-state index in [2.05, 4.69) is 65.8 Å². The lowest BCUT2D eigenvalue weighted by atomic mass is 9.97. The minimum absolute atomic E-state index is 0.0637. The van der Waals surface area contributed by atoms with Crippen LogP contribution in [0.4, 0.5) is 5.69 Å². The van der Waals surface area contributed by atoms with Crippen molar-refractivity contribution >= 4 is 22.7 Å². The van der Waals surface area contributed by atoms with E-state index in [1.807, 2.05) is 60.8 Å². The Morgan fingerprint density at radius 1 is 0.649 bits per heavy atom.